The Morgan fingerprint density at radius 3 is 2.20 bits per heavy atom. The van der Waals surface area contributed by atoms with Gasteiger partial charge in [-0.3, -0.25) is 0 Å². The van der Waals surface area contributed by atoms with Crippen LogP contribution in [0.4, 0.5) is 0 Å². The Hall–Kier alpha value is -0.110. The van der Waals surface area contributed by atoms with Gasteiger partial charge < -0.3 is 0 Å². The van der Waals surface area contributed by atoms with Gasteiger partial charge in [0, 0.05) is 0 Å². The van der Waals surface area contributed by atoms with Gasteiger partial charge in [-0.1, -0.05) is 16.8 Å². The summed E-state index contributed by atoms with van der Waals surface area (Å²) in [5.74, 6) is 0. The molecule has 0 aromatic heterocycles. The van der Waals surface area contributed by atoms with Crippen LogP contribution >= 0.6 is 11.6 Å². The molecule has 0 aliphatic carbocycles. The average Bonchev–Trinajstić information content (AvgIpc) is 1.38. The van der Waals surface area contributed by atoms with Crippen molar-refractivity contribution < 1.29 is 0 Å². The monoisotopic (exact) mass is 93.0 g/mol. The van der Waals surface area contributed by atoms with Crippen molar-refractivity contribution in [2.75, 3.05) is 0 Å². The third-order valence-electron chi connectivity index (χ3n) is 0.145. The molecule has 3 heteroatoms. The van der Waals surface area contributed by atoms with E-state index in [4.69, 9.17) is 16.5 Å². The molecule has 0 saturated carbocycles. The number of hydrogen-bond donors (Lipinski definition) is 0. The van der Waals surface area contributed by atoms with E-state index >= 15 is 0 Å². The second-order valence-corrected chi connectivity index (χ2v) is 1.31. The zero-order chi connectivity index (χ0) is 4.28. The molecule has 5 heavy (non-hydrogen) atoms. The van der Waals surface area contributed by atoms with Gasteiger partial charge in [-0.25, -0.2) is 0 Å². The highest BCUT2D eigenvalue weighted by Gasteiger charge is 1.83. The van der Waals surface area contributed by atoms with Crippen LogP contribution in [-0.4, -0.2) is 5.50 Å². The zero-order valence-electron chi connectivity index (χ0n) is 2.81. The fourth-order valence-electron chi connectivity index (χ4n) is 0. The van der Waals surface area contributed by atoms with E-state index in [1.807, 2.05) is 0 Å². The highest BCUT2D eigenvalue weighted by Crippen LogP contribution is 1.89. The molecule has 0 aromatic rings. The van der Waals surface area contributed by atoms with Crippen molar-refractivity contribution in [1.82, 2.24) is 0 Å². The summed E-state index contributed by atoms with van der Waals surface area (Å²) in [7, 11) is 0. The Morgan fingerprint density at radius 1 is 2.00 bits per heavy atom. The van der Waals surface area contributed by atoms with E-state index in [9.17, 15) is 0 Å². The summed E-state index contributed by atoms with van der Waals surface area (Å²) in [6.45, 7) is 1.51. The van der Waals surface area contributed by atoms with E-state index in [1.54, 1.807) is 0 Å². The van der Waals surface area contributed by atoms with Crippen LogP contribution in [0.5, 0.6) is 0 Å². The Balaban J connectivity index is 2.83. The van der Waals surface area contributed by atoms with Crippen LogP contribution in [0.3, 0.4) is 0 Å². The predicted molar refractivity (Wildman–Crippen MR) is 21.1 cm³/mol. The van der Waals surface area contributed by atoms with Gasteiger partial charge in [0.25, 0.3) is 0 Å². The Kier molecular flexibility index (Phi) is 2.10. The van der Waals surface area contributed by atoms with Gasteiger partial charge in [0.05, 0.1) is 0 Å². The topological polar surface area (TPSA) is 29.4 Å². The summed E-state index contributed by atoms with van der Waals surface area (Å²) in [4.78, 5) is 9.12. The van der Waals surface area contributed by atoms with Crippen molar-refractivity contribution in [3.8, 4) is 0 Å². The van der Waals surface area contributed by atoms with Crippen molar-refractivity contribution in [2.45, 2.75) is 12.4 Å². The van der Waals surface area contributed by atoms with Crippen LogP contribution in [0.1, 0.15) is 6.92 Å². The van der Waals surface area contributed by atoms with Crippen molar-refractivity contribution in [1.29, 1.82) is 0 Å². The molecule has 0 aliphatic rings. The number of hydrogen-bond acceptors (Lipinski definition) is 2. The number of halogens is 1. The third-order valence-corrected chi connectivity index (χ3v) is 0.225. The van der Waals surface area contributed by atoms with Crippen molar-refractivity contribution in [3.05, 3.63) is 4.91 Å². The lowest BCUT2D eigenvalue weighted by atomic mass is 10.8. The van der Waals surface area contributed by atoms with E-state index in [2.05, 4.69) is 5.18 Å². The number of alkyl halides is 1. The number of nitroso groups, excluding NO2 is 1. The van der Waals surface area contributed by atoms with Crippen LogP contribution in [-0.2, 0) is 0 Å². The third kappa shape index (κ3) is 3.89. The van der Waals surface area contributed by atoms with Gasteiger partial charge in [0.2, 0.25) is 0 Å². The minimum atomic E-state index is -0.574. The fraction of sp³-hybridized carbons (Fsp3) is 1.00. The average molecular weight is 93.5 g/mol. The normalized spacial score (nSPS) is 14.0. The molecule has 0 heterocycles. The lowest BCUT2D eigenvalue weighted by Gasteiger charge is -1.75. The fourth-order valence-corrected chi connectivity index (χ4v) is 0. The Labute approximate surface area is 35.1 Å². The van der Waals surface area contributed by atoms with E-state index in [-0.39, 0.29) is 0 Å². The minimum Gasteiger partial charge on any atom is -0.149 e. The summed E-state index contributed by atoms with van der Waals surface area (Å²) in [6, 6.07) is 0. The SMILES string of the molecule is CC(Cl)N=O. The van der Waals surface area contributed by atoms with Gasteiger partial charge in [0.15, 0.2) is 5.50 Å². The summed E-state index contributed by atoms with van der Waals surface area (Å²) in [5.41, 5.74) is -0.574. The van der Waals surface area contributed by atoms with E-state index in [0.717, 1.165) is 0 Å². The second-order valence-electron chi connectivity index (χ2n) is 0.679. The first-order valence-corrected chi connectivity index (χ1v) is 1.67. The molecule has 0 saturated heterocycles. The van der Waals surface area contributed by atoms with Crippen LogP contribution in [0.25, 0.3) is 0 Å². The van der Waals surface area contributed by atoms with E-state index < -0.39 is 5.50 Å². The van der Waals surface area contributed by atoms with Gasteiger partial charge in [-0.15, -0.1) is 4.91 Å². The summed E-state index contributed by atoms with van der Waals surface area (Å²) < 4.78 is 0. The molecule has 0 radical (unpaired) electrons. The van der Waals surface area contributed by atoms with Crippen molar-refractivity contribution >= 4 is 11.6 Å². The van der Waals surface area contributed by atoms with Gasteiger partial charge in [-0.05, 0) is 6.92 Å². The molecular weight excluding hydrogens is 89.5 g/mol. The minimum absolute atomic E-state index is 0.574. The highest BCUT2D eigenvalue weighted by molar-refractivity contribution is 6.20. The van der Waals surface area contributed by atoms with Crippen molar-refractivity contribution in [3.63, 3.8) is 0 Å². The molecule has 0 N–H and O–H groups in total. The lowest BCUT2D eigenvalue weighted by molar-refractivity contribution is 1.02. The number of rotatable bonds is 1. The van der Waals surface area contributed by atoms with Crippen LogP contribution < -0.4 is 0 Å². The first kappa shape index (κ1) is 4.89. The van der Waals surface area contributed by atoms with Crippen LogP contribution in [0.15, 0.2) is 5.18 Å². The molecular formula is C2H4ClNO. The summed E-state index contributed by atoms with van der Waals surface area (Å²) in [6.07, 6.45) is 0. The first-order chi connectivity index (χ1) is 2.27. The first-order valence-electron chi connectivity index (χ1n) is 1.24. The molecule has 0 rings (SSSR count). The molecule has 0 aliphatic heterocycles. The molecule has 0 bridgehead atoms. The van der Waals surface area contributed by atoms with Crippen molar-refractivity contribution in [2.24, 2.45) is 5.18 Å². The molecule has 1 atom stereocenters. The van der Waals surface area contributed by atoms with Crippen LogP contribution in [0.2, 0.25) is 0 Å². The lowest BCUT2D eigenvalue weighted by Crippen LogP contribution is -1.75. The molecule has 2 nitrogen and oxygen atoms in total. The number of nitrogens with zero attached hydrogens (tertiary/aromatic N) is 1. The van der Waals surface area contributed by atoms with E-state index in [0.29, 0.717) is 0 Å². The molecule has 0 amide bonds. The largest absolute Gasteiger partial charge is 0.162 e. The second kappa shape index (κ2) is 2.15. The smallest absolute Gasteiger partial charge is 0.149 e. The maximum Gasteiger partial charge on any atom is 0.162 e. The maximum atomic E-state index is 9.12. The summed E-state index contributed by atoms with van der Waals surface area (Å²) >= 11 is 4.98. The predicted octanol–water partition coefficient (Wildman–Crippen LogP) is 1.34. The Morgan fingerprint density at radius 2 is 2.20 bits per heavy atom. The summed E-state index contributed by atoms with van der Waals surface area (Å²) in [5, 5.41) is 2.40. The van der Waals surface area contributed by atoms with E-state index in [1.165, 1.54) is 6.92 Å². The molecule has 0 fully saturated rings. The standard InChI is InChI=1S/C2H4ClNO/c1-2(3)4-5/h2H,1H3. The maximum absolute atomic E-state index is 9.12. The molecule has 0 spiro atoms. The molecule has 1 unspecified atom stereocenters. The molecule has 0 aromatic carbocycles. The van der Waals surface area contributed by atoms with Gasteiger partial charge >= 0.3 is 0 Å². The molecule has 30 valence electrons. The van der Waals surface area contributed by atoms with Gasteiger partial charge in [0.1, 0.15) is 0 Å². The van der Waals surface area contributed by atoms with Crippen LogP contribution in [0, 0.1) is 4.91 Å². The van der Waals surface area contributed by atoms with Gasteiger partial charge in [-0.2, -0.15) is 0 Å². The Bertz CT molecular complexity index is 36.6. The zero-order valence-corrected chi connectivity index (χ0v) is 3.57. The quantitative estimate of drug-likeness (QED) is 0.273. The highest BCUT2D eigenvalue weighted by atomic mass is 35.5.